The Morgan fingerprint density at radius 2 is 1.83 bits per heavy atom. The summed E-state index contributed by atoms with van der Waals surface area (Å²) >= 11 is 0. The zero-order chi connectivity index (χ0) is 21.5. The first-order valence-corrected chi connectivity index (χ1v) is 9.73. The second kappa shape index (κ2) is 7.34. The molecule has 0 unspecified atom stereocenters. The quantitative estimate of drug-likeness (QED) is 0.463. The summed E-state index contributed by atoms with van der Waals surface area (Å²) in [5.41, 5.74) is 15.8. The molecule has 0 aromatic carbocycles. The Kier molecular flexibility index (Phi) is 4.83. The highest BCUT2D eigenvalue weighted by Gasteiger charge is 2.21. The van der Waals surface area contributed by atoms with Crippen molar-refractivity contribution in [2.24, 2.45) is 12.8 Å². The number of fused-ring (bicyclic) bond motifs is 1. The Morgan fingerprint density at radius 3 is 2.53 bits per heavy atom. The third kappa shape index (κ3) is 3.55. The summed E-state index contributed by atoms with van der Waals surface area (Å²) in [5.74, 6) is 1.74. The number of aryl methyl sites for hydroxylation is 2. The van der Waals surface area contributed by atoms with Gasteiger partial charge in [-0.05, 0) is 55.0 Å². The molecular formula is C21H25N9. The van der Waals surface area contributed by atoms with Gasteiger partial charge in [0.25, 0.3) is 0 Å². The van der Waals surface area contributed by atoms with E-state index in [0.717, 1.165) is 34.0 Å². The first-order chi connectivity index (χ1) is 14.3. The normalized spacial score (nSPS) is 13.4. The average molecular weight is 403 g/mol. The molecule has 0 bridgehead atoms. The van der Waals surface area contributed by atoms with E-state index in [2.05, 4.69) is 37.5 Å². The van der Waals surface area contributed by atoms with Crippen molar-refractivity contribution in [1.29, 1.82) is 0 Å². The van der Waals surface area contributed by atoms with Gasteiger partial charge in [0.1, 0.15) is 23.1 Å². The molecule has 0 radical (unpaired) electrons. The van der Waals surface area contributed by atoms with Gasteiger partial charge in [-0.25, -0.2) is 19.6 Å². The maximum atomic E-state index is 6.46. The Hall–Kier alpha value is -3.59. The smallest absolute Gasteiger partial charge is 0.133 e. The molecule has 30 heavy (non-hydrogen) atoms. The molecule has 0 amide bonds. The number of nitrogens with zero attached hydrogens (tertiary/aromatic N) is 6. The van der Waals surface area contributed by atoms with Crippen molar-refractivity contribution in [2.45, 2.75) is 32.7 Å². The molecule has 0 saturated carbocycles. The summed E-state index contributed by atoms with van der Waals surface area (Å²) in [6.45, 7) is 6.12. The van der Waals surface area contributed by atoms with E-state index in [0.29, 0.717) is 23.1 Å². The fourth-order valence-corrected chi connectivity index (χ4v) is 3.42. The van der Waals surface area contributed by atoms with Crippen molar-refractivity contribution in [3.63, 3.8) is 0 Å². The lowest BCUT2D eigenvalue weighted by atomic mass is 9.88. The predicted molar refractivity (Wildman–Crippen MR) is 118 cm³/mol. The molecule has 0 aliphatic heterocycles. The van der Waals surface area contributed by atoms with Crippen LogP contribution in [0.2, 0.25) is 0 Å². The van der Waals surface area contributed by atoms with Crippen LogP contribution in [0.5, 0.6) is 0 Å². The van der Waals surface area contributed by atoms with E-state index >= 15 is 0 Å². The van der Waals surface area contributed by atoms with Gasteiger partial charge in [-0.3, -0.25) is 0 Å². The van der Waals surface area contributed by atoms with E-state index in [1.807, 2.05) is 45.3 Å². The second-order valence-electron chi connectivity index (χ2n) is 7.71. The van der Waals surface area contributed by atoms with Gasteiger partial charge in [-0.15, -0.1) is 5.10 Å². The minimum atomic E-state index is -0.424. The minimum absolute atomic E-state index is 0.403. The lowest BCUT2D eigenvalue weighted by Gasteiger charge is -2.25. The number of hydrogen-bond donors (Lipinski definition) is 3. The van der Waals surface area contributed by atoms with Gasteiger partial charge >= 0.3 is 0 Å². The molecule has 0 saturated heterocycles. The first kappa shape index (κ1) is 19.7. The topological polar surface area (TPSA) is 133 Å². The highest BCUT2D eigenvalue weighted by molar-refractivity contribution is 5.94. The van der Waals surface area contributed by atoms with Crippen LogP contribution >= 0.6 is 0 Å². The van der Waals surface area contributed by atoms with Crippen LogP contribution in [0.1, 0.15) is 31.4 Å². The van der Waals surface area contributed by atoms with Gasteiger partial charge < -0.3 is 16.8 Å². The molecule has 4 rings (SSSR count). The summed E-state index contributed by atoms with van der Waals surface area (Å²) < 4.78 is 1.66. The zero-order valence-electron chi connectivity index (χ0n) is 17.5. The fourth-order valence-electron chi connectivity index (χ4n) is 3.42. The van der Waals surface area contributed by atoms with Gasteiger partial charge in [0.15, 0.2) is 0 Å². The van der Waals surface area contributed by atoms with Crippen molar-refractivity contribution >= 4 is 28.2 Å². The monoisotopic (exact) mass is 403 g/mol. The summed E-state index contributed by atoms with van der Waals surface area (Å²) in [4.78, 5) is 13.4. The zero-order valence-corrected chi connectivity index (χ0v) is 17.5. The minimum Gasteiger partial charge on any atom is -0.383 e. The molecule has 0 spiro atoms. The van der Waals surface area contributed by atoms with Gasteiger partial charge in [0.2, 0.25) is 0 Å². The van der Waals surface area contributed by atoms with Gasteiger partial charge in [0, 0.05) is 30.4 Å². The number of nitrogens with two attached hydrogens (primary N) is 2. The third-order valence-electron chi connectivity index (χ3n) is 5.43. The van der Waals surface area contributed by atoms with Crippen LogP contribution in [0.3, 0.4) is 0 Å². The van der Waals surface area contributed by atoms with E-state index in [-0.39, 0.29) is 0 Å². The summed E-state index contributed by atoms with van der Waals surface area (Å²) in [6, 6.07) is 5.85. The second-order valence-corrected chi connectivity index (χ2v) is 7.71. The summed E-state index contributed by atoms with van der Waals surface area (Å²) in [5, 5.41) is 12.8. The molecule has 4 aromatic heterocycles. The maximum absolute atomic E-state index is 6.46. The third-order valence-corrected chi connectivity index (χ3v) is 5.43. The summed E-state index contributed by atoms with van der Waals surface area (Å²) in [7, 11) is 1.81. The van der Waals surface area contributed by atoms with E-state index in [1.165, 1.54) is 0 Å². The Labute approximate surface area is 174 Å². The number of anilines is 3. The molecule has 0 aliphatic carbocycles. The first-order valence-electron chi connectivity index (χ1n) is 9.73. The Bertz CT molecular complexity index is 1230. The number of pyridine rings is 3. The van der Waals surface area contributed by atoms with Crippen LogP contribution in [0.25, 0.3) is 22.2 Å². The molecule has 0 fully saturated rings. The highest BCUT2D eigenvalue weighted by Crippen LogP contribution is 2.29. The number of aromatic nitrogens is 6. The Morgan fingerprint density at radius 1 is 1.10 bits per heavy atom. The van der Waals surface area contributed by atoms with Crippen molar-refractivity contribution in [1.82, 2.24) is 29.9 Å². The number of nitrogen functional groups attached to an aromatic ring is 1. The Balaban J connectivity index is 1.72. The van der Waals surface area contributed by atoms with Crippen LogP contribution in [-0.4, -0.2) is 29.9 Å². The van der Waals surface area contributed by atoms with Crippen molar-refractivity contribution in [3.8, 4) is 11.4 Å². The number of hydrogen-bond acceptors (Lipinski definition) is 8. The van der Waals surface area contributed by atoms with Crippen LogP contribution < -0.4 is 16.8 Å². The largest absolute Gasteiger partial charge is 0.383 e. The van der Waals surface area contributed by atoms with Crippen molar-refractivity contribution < 1.29 is 0 Å². The molecular weight excluding hydrogens is 378 g/mol. The number of nitrogens with one attached hydrogen (secondary N) is 1. The number of rotatable bonds is 5. The van der Waals surface area contributed by atoms with Crippen LogP contribution in [0, 0.1) is 6.92 Å². The molecule has 4 aromatic rings. The molecule has 1 atom stereocenters. The average Bonchev–Trinajstić information content (AvgIpc) is 3.15. The van der Waals surface area contributed by atoms with Crippen molar-refractivity contribution in [3.05, 3.63) is 47.9 Å². The molecule has 5 N–H and O–H groups in total. The molecule has 4 heterocycles. The highest BCUT2D eigenvalue weighted by atomic mass is 15.4. The summed E-state index contributed by atoms with van der Waals surface area (Å²) in [6.07, 6.45) is 6.01. The molecule has 9 nitrogen and oxygen atoms in total. The molecule has 9 heteroatoms. The lowest BCUT2D eigenvalue weighted by Crippen LogP contribution is -2.33. The van der Waals surface area contributed by atoms with E-state index in [4.69, 9.17) is 11.5 Å². The van der Waals surface area contributed by atoms with Gasteiger partial charge in [-0.1, -0.05) is 12.1 Å². The van der Waals surface area contributed by atoms with E-state index in [1.54, 1.807) is 17.1 Å². The van der Waals surface area contributed by atoms with Crippen LogP contribution in [-0.2, 0) is 12.6 Å². The fraction of sp³-hybridized carbons (Fsp3) is 0.286. The molecule has 0 aliphatic rings. The predicted octanol–water partition coefficient (Wildman–Crippen LogP) is 3.04. The van der Waals surface area contributed by atoms with Crippen molar-refractivity contribution in [2.75, 3.05) is 11.1 Å². The standard InChI is InChI=1S/C21H25N9/c1-5-21(3,23)15-8-19(24-9-12(15)2)28-18-7-13-6-16(17-11-26-29-30(17)4)27-20(22)14(13)10-25-18/h6-11H,5,23H2,1-4H3,(H2,22,27)(H,24,25,28)/t21-/m0/s1. The van der Waals surface area contributed by atoms with Gasteiger partial charge in [0.05, 0.1) is 11.9 Å². The van der Waals surface area contributed by atoms with Crippen LogP contribution in [0.15, 0.2) is 36.8 Å². The van der Waals surface area contributed by atoms with E-state index in [9.17, 15) is 0 Å². The lowest BCUT2D eigenvalue weighted by molar-refractivity contribution is 0.473. The SMILES string of the molecule is CC[C@](C)(N)c1cc(Nc2cc3cc(-c4cnnn4C)nc(N)c3cn2)ncc1C. The van der Waals surface area contributed by atoms with E-state index < -0.39 is 5.54 Å². The van der Waals surface area contributed by atoms with Gasteiger partial charge in [-0.2, -0.15) is 0 Å². The maximum Gasteiger partial charge on any atom is 0.133 e. The molecule has 154 valence electrons. The van der Waals surface area contributed by atoms with Crippen LogP contribution in [0.4, 0.5) is 17.5 Å².